The summed E-state index contributed by atoms with van der Waals surface area (Å²) in [6.45, 7) is 16.1. The number of rotatable bonds is 5. The minimum atomic E-state index is 0.717. The molecule has 19 heavy (non-hydrogen) atoms. The van der Waals surface area contributed by atoms with Gasteiger partial charge >= 0.3 is 0 Å². The predicted octanol–water partition coefficient (Wildman–Crippen LogP) is 2.28. The van der Waals surface area contributed by atoms with Crippen molar-refractivity contribution in [3.05, 3.63) is 0 Å². The Labute approximate surface area is 119 Å². The van der Waals surface area contributed by atoms with Crippen LogP contribution in [0.3, 0.4) is 0 Å². The van der Waals surface area contributed by atoms with Gasteiger partial charge in [-0.2, -0.15) is 0 Å². The van der Waals surface area contributed by atoms with Crippen LogP contribution < -0.4 is 0 Å². The largest absolute Gasteiger partial charge is 0.301 e. The first kappa shape index (κ1) is 15.3. The van der Waals surface area contributed by atoms with Gasteiger partial charge in [-0.05, 0) is 59.7 Å². The lowest BCUT2D eigenvalue weighted by Gasteiger charge is -2.38. The molecule has 1 unspecified atom stereocenters. The second kappa shape index (κ2) is 7.61. The van der Waals surface area contributed by atoms with Crippen LogP contribution in [0.2, 0.25) is 0 Å². The zero-order chi connectivity index (χ0) is 13.7. The molecule has 2 saturated heterocycles. The van der Waals surface area contributed by atoms with Crippen LogP contribution >= 0.6 is 0 Å². The quantitative estimate of drug-likeness (QED) is 0.756. The number of hydrogen-bond donors (Lipinski definition) is 0. The van der Waals surface area contributed by atoms with E-state index in [0.29, 0.717) is 0 Å². The van der Waals surface area contributed by atoms with E-state index in [2.05, 4.69) is 35.5 Å². The van der Waals surface area contributed by atoms with Gasteiger partial charge in [-0.3, -0.25) is 4.90 Å². The number of piperidine rings is 1. The minimum absolute atomic E-state index is 0.717. The van der Waals surface area contributed by atoms with Crippen LogP contribution in [0.25, 0.3) is 0 Å². The van der Waals surface area contributed by atoms with E-state index in [1.54, 1.807) is 0 Å². The van der Waals surface area contributed by atoms with Crippen molar-refractivity contribution < 1.29 is 0 Å². The van der Waals surface area contributed by atoms with Crippen molar-refractivity contribution in [3.63, 3.8) is 0 Å². The average molecular weight is 267 g/mol. The van der Waals surface area contributed by atoms with Crippen LogP contribution in [-0.2, 0) is 0 Å². The molecular weight excluding hydrogens is 234 g/mol. The minimum Gasteiger partial charge on any atom is -0.301 e. The molecule has 3 heteroatoms. The van der Waals surface area contributed by atoms with E-state index < -0.39 is 0 Å². The lowest BCUT2D eigenvalue weighted by Crippen LogP contribution is -2.49. The molecule has 2 rings (SSSR count). The number of hydrogen-bond acceptors (Lipinski definition) is 3. The summed E-state index contributed by atoms with van der Waals surface area (Å²) in [7, 11) is 0. The Balaban J connectivity index is 1.63. The number of nitrogens with zero attached hydrogens (tertiary/aromatic N) is 3. The van der Waals surface area contributed by atoms with Crippen molar-refractivity contribution in [1.29, 1.82) is 0 Å². The Hall–Kier alpha value is -0.120. The molecule has 0 aromatic carbocycles. The van der Waals surface area contributed by atoms with Gasteiger partial charge in [0.1, 0.15) is 0 Å². The molecule has 2 fully saturated rings. The molecule has 2 aliphatic heterocycles. The van der Waals surface area contributed by atoms with Gasteiger partial charge in [-0.25, -0.2) is 0 Å². The summed E-state index contributed by atoms with van der Waals surface area (Å²) in [5.74, 6) is 0. The summed E-state index contributed by atoms with van der Waals surface area (Å²) in [4.78, 5) is 7.97. The van der Waals surface area contributed by atoms with E-state index in [0.717, 1.165) is 12.1 Å². The standard InChI is InChI=1S/C16H33N3/c1-15(2)18-13-11-17(12-14-18)10-7-16(3)19-8-5-4-6-9-19/h15-16H,4-14H2,1-3H3. The van der Waals surface area contributed by atoms with Gasteiger partial charge in [-0.15, -0.1) is 0 Å². The highest BCUT2D eigenvalue weighted by Crippen LogP contribution is 2.15. The third-order valence-electron chi connectivity index (χ3n) is 5.01. The first-order chi connectivity index (χ1) is 9.16. The molecular formula is C16H33N3. The normalized spacial score (nSPS) is 25.9. The van der Waals surface area contributed by atoms with Crippen LogP contribution in [-0.4, -0.2) is 72.6 Å². The fraction of sp³-hybridized carbons (Fsp3) is 1.00. The summed E-state index contributed by atoms with van der Waals surface area (Å²) in [6, 6.07) is 1.50. The average Bonchev–Trinajstić information content (AvgIpc) is 2.46. The van der Waals surface area contributed by atoms with Crippen LogP contribution in [0.1, 0.15) is 46.5 Å². The molecule has 0 bridgehead atoms. The van der Waals surface area contributed by atoms with Crippen molar-refractivity contribution in [2.75, 3.05) is 45.8 Å². The van der Waals surface area contributed by atoms with Crippen LogP contribution in [0, 0.1) is 0 Å². The molecule has 0 spiro atoms. The summed E-state index contributed by atoms with van der Waals surface area (Å²) in [6.07, 6.45) is 5.62. The highest BCUT2D eigenvalue weighted by molar-refractivity contribution is 4.77. The smallest absolute Gasteiger partial charge is 0.0113 e. The van der Waals surface area contributed by atoms with E-state index >= 15 is 0 Å². The Bertz CT molecular complexity index is 240. The van der Waals surface area contributed by atoms with Gasteiger partial charge in [0.05, 0.1) is 0 Å². The van der Waals surface area contributed by atoms with Gasteiger partial charge in [0, 0.05) is 38.3 Å². The van der Waals surface area contributed by atoms with Crippen LogP contribution in [0.5, 0.6) is 0 Å². The van der Waals surface area contributed by atoms with Crippen molar-refractivity contribution in [2.45, 2.75) is 58.5 Å². The molecule has 0 saturated carbocycles. The third kappa shape index (κ3) is 4.73. The highest BCUT2D eigenvalue weighted by atomic mass is 15.3. The maximum Gasteiger partial charge on any atom is 0.0113 e. The molecule has 0 N–H and O–H groups in total. The Morgan fingerprint density at radius 1 is 0.737 bits per heavy atom. The van der Waals surface area contributed by atoms with Gasteiger partial charge in [0.25, 0.3) is 0 Å². The molecule has 0 aromatic heterocycles. The third-order valence-corrected chi connectivity index (χ3v) is 5.01. The van der Waals surface area contributed by atoms with Gasteiger partial charge in [0.2, 0.25) is 0 Å². The molecule has 2 aliphatic rings. The van der Waals surface area contributed by atoms with E-state index in [1.165, 1.54) is 71.5 Å². The Kier molecular flexibility index (Phi) is 6.11. The lowest BCUT2D eigenvalue weighted by molar-refractivity contribution is 0.0944. The maximum atomic E-state index is 2.70. The lowest BCUT2D eigenvalue weighted by atomic mass is 10.1. The molecule has 112 valence electrons. The zero-order valence-electron chi connectivity index (χ0n) is 13.3. The summed E-state index contributed by atoms with van der Waals surface area (Å²) in [5, 5.41) is 0. The summed E-state index contributed by atoms with van der Waals surface area (Å²) in [5.41, 5.74) is 0. The Morgan fingerprint density at radius 2 is 1.37 bits per heavy atom. The monoisotopic (exact) mass is 267 g/mol. The summed E-state index contributed by atoms with van der Waals surface area (Å²) < 4.78 is 0. The number of piperazine rings is 1. The zero-order valence-corrected chi connectivity index (χ0v) is 13.3. The van der Waals surface area contributed by atoms with Crippen molar-refractivity contribution >= 4 is 0 Å². The maximum absolute atomic E-state index is 2.70. The highest BCUT2D eigenvalue weighted by Gasteiger charge is 2.21. The fourth-order valence-electron chi connectivity index (χ4n) is 3.41. The molecule has 0 aliphatic carbocycles. The van der Waals surface area contributed by atoms with Gasteiger partial charge in [0.15, 0.2) is 0 Å². The second-order valence-electron chi connectivity index (χ2n) is 6.71. The number of likely N-dealkylation sites (tertiary alicyclic amines) is 1. The molecule has 0 radical (unpaired) electrons. The van der Waals surface area contributed by atoms with E-state index in [1.807, 2.05) is 0 Å². The first-order valence-electron chi connectivity index (χ1n) is 8.37. The second-order valence-corrected chi connectivity index (χ2v) is 6.71. The van der Waals surface area contributed by atoms with Crippen molar-refractivity contribution in [2.24, 2.45) is 0 Å². The molecule has 3 nitrogen and oxygen atoms in total. The molecule has 2 heterocycles. The van der Waals surface area contributed by atoms with E-state index in [4.69, 9.17) is 0 Å². The van der Waals surface area contributed by atoms with Gasteiger partial charge < -0.3 is 9.80 Å². The molecule has 0 aromatic rings. The fourth-order valence-corrected chi connectivity index (χ4v) is 3.41. The molecule has 0 amide bonds. The first-order valence-corrected chi connectivity index (χ1v) is 8.37. The van der Waals surface area contributed by atoms with Crippen molar-refractivity contribution in [1.82, 2.24) is 14.7 Å². The molecule has 1 atom stereocenters. The van der Waals surface area contributed by atoms with Crippen LogP contribution in [0.4, 0.5) is 0 Å². The van der Waals surface area contributed by atoms with E-state index in [-0.39, 0.29) is 0 Å². The van der Waals surface area contributed by atoms with Crippen LogP contribution in [0.15, 0.2) is 0 Å². The Morgan fingerprint density at radius 3 is 1.95 bits per heavy atom. The van der Waals surface area contributed by atoms with E-state index in [9.17, 15) is 0 Å². The SMILES string of the molecule is CC(C)N1CCN(CCC(C)N2CCCCC2)CC1. The topological polar surface area (TPSA) is 9.72 Å². The van der Waals surface area contributed by atoms with Crippen molar-refractivity contribution in [3.8, 4) is 0 Å². The predicted molar refractivity (Wildman–Crippen MR) is 82.7 cm³/mol. The summed E-state index contributed by atoms with van der Waals surface area (Å²) >= 11 is 0. The van der Waals surface area contributed by atoms with Gasteiger partial charge in [-0.1, -0.05) is 6.42 Å².